The van der Waals surface area contributed by atoms with Gasteiger partial charge in [0.15, 0.2) is 5.11 Å². The molecule has 0 spiro atoms. The number of hydrogen-bond acceptors (Lipinski definition) is 2. The molecule has 0 bridgehead atoms. The summed E-state index contributed by atoms with van der Waals surface area (Å²) in [6, 6.07) is 0. The van der Waals surface area contributed by atoms with E-state index in [4.69, 9.17) is 18.0 Å². The first kappa shape index (κ1) is 10.9. The second-order valence-electron chi connectivity index (χ2n) is 4.62. The van der Waals surface area contributed by atoms with Crippen LogP contribution >= 0.6 is 12.2 Å². The molecule has 15 heavy (non-hydrogen) atoms. The Morgan fingerprint density at radius 1 is 1.27 bits per heavy atom. The van der Waals surface area contributed by atoms with Crippen LogP contribution in [0.1, 0.15) is 44.9 Å². The summed E-state index contributed by atoms with van der Waals surface area (Å²) in [5.74, 6) is 1.58. The van der Waals surface area contributed by atoms with Gasteiger partial charge in [0.05, 0.1) is 0 Å². The van der Waals surface area contributed by atoms with E-state index in [1.807, 2.05) is 0 Å². The SMILES string of the molecule is NC(=S)NN=C1CCCC2CCCC[C@@H]12. The summed E-state index contributed by atoms with van der Waals surface area (Å²) in [5, 5.41) is 4.65. The van der Waals surface area contributed by atoms with Gasteiger partial charge < -0.3 is 5.73 Å². The molecular weight excluding hydrogens is 206 g/mol. The Labute approximate surface area is 96.5 Å². The van der Waals surface area contributed by atoms with Crippen molar-refractivity contribution < 1.29 is 0 Å². The topological polar surface area (TPSA) is 50.4 Å². The Balaban J connectivity index is 2.03. The van der Waals surface area contributed by atoms with Crippen LogP contribution in [0.3, 0.4) is 0 Å². The zero-order valence-corrected chi connectivity index (χ0v) is 9.85. The first-order valence-electron chi connectivity index (χ1n) is 5.89. The summed E-state index contributed by atoms with van der Waals surface area (Å²) >= 11 is 4.77. The number of fused-ring (bicyclic) bond motifs is 1. The minimum absolute atomic E-state index is 0.278. The molecule has 3 nitrogen and oxygen atoms in total. The van der Waals surface area contributed by atoms with Crippen molar-refractivity contribution in [3.8, 4) is 0 Å². The monoisotopic (exact) mass is 225 g/mol. The summed E-state index contributed by atoms with van der Waals surface area (Å²) in [6.45, 7) is 0. The van der Waals surface area contributed by atoms with Crippen LogP contribution < -0.4 is 11.2 Å². The average molecular weight is 225 g/mol. The van der Waals surface area contributed by atoms with E-state index in [2.05, 4.69) is 10.5 Å². The molecule has 2 saturated carbocycles. The quantitative estimate of drug-likeness (QED) is 0.531. The van der Waals surface area contributed by atoms with Gasteiger partial charge in [-0.3, -0.25) is 5.43 Å². The molecule has 0 aliphatic heterocycles. The van der Waals surface area contributed by atoms with E-state index in [1.165, 1.54) is 44.2 Å². The molecule has 0 aromatic heterocycles. The standard InChI is InChI=1S/C11H19N3S/c12-11(15)14-13-10-7-3-5-8-4-1-2-6-9(8)10/h8-9H,1-7H2,(H3,12,14,15)/t8?,9-/m1/s1. The minimum Gasteiger partial charge on any atom is -0.375 e. The molecule has 0 aromatic rings. The van der Waals surface area contributed by atoms with E-state index in [1.54, 1.807) is 0 Å². The predicted octanol–water partition coefficient (Wildman–Crippen LogP) is 2.17. The number of nitrogens with zero attached hydrogens (tertiary/aromatic N) is 1. The predicted molar refractivity (Wildman–Crippen MR) is 66.7 cm³/mol. The maximum absolute atomic E-state index is 5.39. The molecule has 0 amide bonds. The molecule has 2 rings (SSSR count). The molecule has 0 radical (unpaired) electrons. The number of nitrogens with two attached hydrogens (primary N) is 1. The van der Waals surface area contributed by atoms with Gasteiger partial charge in [-0.25, -0.2) is 0 Å². The molecule has 2 fully saturated rings. The highest BCUT2D eigenvalue weighted by Crippen LogP contribution is 2.38. The van der Waals surface area contributed by atoms with Crippen LogP contribution in [0.25, 0.3) is 0 Å². The smallest absolute Gasteiger partial charge is 0.184 e. The van der Waals surface area contributed by atoms with Gasteiger partial charge >= 0.3 is 0 Å². The van der Waals surface area contributed by atoms with Crippen molar-refractivity contribution in [1.82, 2.24) is 5.43 Å². The van der Waals surface area contributed by atoms with Gasteiger partial charge in [0.1, 0.15) is 0 Å². The van der Waals surface area contributed by atoms with Crippen molar-refractivity contribution in [2.24, 2.45) is 22.7 Å². The number of nitrogens with one attached hydrogen (secondary N) is 1. The minimum atomic E-state index is 0.278. The Kier molecular flexibility index (Phi) is 3.57. The largest absolute Gasteiger partial charge is 0.375 e. The zero-order valence-electron chi connectivity index (χ0n) is 9.04. The fourth-order valence-corrected chi connectivity index (χ4v) is 3.03. The summed E-state index contributed by atoms with van der Waals surface area (Å²) in [5.41, 5.74) is 9.44. The third-order valence-electron chi connectivity index (χ3n) is 3.65. The van der Waals surface area contributed by atoms with Crippen LogP contribution in [-0.4, -0.2) is 10.8 Å². The van der Waals surface area contributed by atoms with E-state index in [0.717, 1.165) is 12.3 Å². The molecule has 2 aliphatic carbocycles. The van der Waals surface area contributed by atoms with Gasteiger partial charge in [0.2, 0.25) is 0 Å². The molecule has 0 aromatic carbocycles. The Bertz CT molecular complexity index is 273. The van der Waals surface area contributed by atoms with Gasteiger partial charge in [0, 0.05) is 11.6 Å². The van der Waals surface area contributed by atoms with Gasteiger partial charge in [-0.05, 0) is 50.2 Å². The summed E-state index contributed by atoms with van der Waals surface area (Å²) in [6.07, 6.45) is 9.23. The van der Waals surface area contributed by atoms with E-state index in [9.17, 15) is 0 Å². The molecule has 3 N–H and O–H groups in total. The van der Waals surface area contributed by atoms with Crippen LogP contribution in [0.5, 0.6) is 0 Å². The number of rotatable bonds is 1. The fourth-order valence-electron chi connectivity index (χ4n) is 2.99. The van der Waals surface area contributed by atoms with Crippen LogP contribution in [0, 0.1) is 11.8 Å². The van der Waals surface area contributed by atoms with Crippen molar-refractivity contribution >= 4 is 23.0 Å². The maximum Gasteiger partial charge on any atom is 0.184 e. The number of thiocarbonyl (C=S) groups is 1. The number of hydrogen-bond donors (Lipinski definition) is 2. The molecule has 0 heterocycles. The third-order valence-corrected chi connectivity index (χ3v) is 3.75. The normalized spacial score (nSPS) is 33.5. The Hall–Kier alpha value is -0.640. The average Bonchev–Trinajstić information content (AvgIpc) is 2.26. The molecule has 84 valence electrons. The first-order chi connectivity index (χ1) is 7.27. The summed E-state index contributed by atoms with van der Waals surface area (Å²) in [4.78, 5) is 0. The van der Waals surface area contributed by atoms with Gasteiger partial charge in [0.25, 0.3) is 0 Å². The van der Waals surface area contributed by atoms with Crippen molar-refractivity contribution in [3.05, 3.63) is 0 Å². The number of hydrazone groups is 1. The first-order valence-corrected chi connectivity index (χ1v) is 6.30. The second kappa shape index (κ2) is 4.92. The lowest BCUT2D eigenvalue weighted by Gasteiger charge is -2.36. The highest BCUT2D eigenvalue weighted by Gasteiger charge is 2.32. The van der Waals surface area contributed by atoms with Crippen molar-refractivity contribution in [2.75, 3.05) is 0 Å². The Morgan fingerprint density at radius 2 is 2.00 bits per heavy atom. The van der Waals surface area contributed by atoms with Gasteiger partial charge in [-0.15, -0.1) is 0 Å². The molecule has 0 saturated heterocycles. The van der Waals surface area contributed by atoms with E-state index in [0.29, 0.717) is 5.92 Å². The van der Waals surface area contributed by atoms with Crippen LogP contribution in [-0.2, 0) is 0 Å². The summed E-state index contributed by atoms with van der Waals surface area (Å²) in [7, 11) is 0. The Morgan fingerprint density at radius 3 is 2.80 bits per heavy atom. The fraction of sp³-hybridized carbons (Fsp3) is 0.818. The van der Waals surface area contributed by atoms with E-state index in [-0.39, 0.29) is 5.11 Å². The summed E-state index contributed by atoms with van der Waals surface area (Å²) < 4.78 is 0. The third kappa shape index (κ3) is 2.68. The van der Waals surface area contributed by atoms with Crippen molar-refractivity contribution in [1.29, 1.82) is 0 Å². The van der Waals surface area contributed by atoms with Crippen LogP contribution in [0.4, 0.5) is 0 Å². The second-order valence-corrected chi connectivity index (χ2v) is 5.06. The molecule has 4 heteroatoms. The highest BCUT2D eigenvalue weighted by atomic mass is 32.1. The zero-order chi connectivity index (χ0) is 10.7. The lowest BCUT2D eigenvalue weighted by Crippen LogP contribution is -2.34. The molecule has 2 atom stereocenters. The van der Waals surface area contributed by atoms with Gasteiger partial charge in [-0.1, -0.05) is 12.8 Å². The maximum atomic E-state index is 5.39. The molecular formula is C11H19N3S. The van der Waals surface area contributed by atoms with Crippen LogP contribution in [0.15, 0.2) is 5.10 Å². The lowest BCUT2D eigenvalue weighted by molar-refractivity contribution is 0.260. The lowest BCUT2D eigenvalue weighted by atomic mass is 9.70. The van der Waals surface area contributed by atoms with Gasteiger partial charge in [-0.2, -0.15) is 5.10 Å². The van der Waals surface area contributed by atoms with E-state index < -0.39 is 0 Å². The molecule has 2 aliphatic rings. The highest BCUT2D eigenvalue weighted by molar-refractivity contribution is 7.80. The van der Waals surface area contributed by atoms with Crippen LogP contribution in [0.2, 0.25) is 0 Å². The molecule has 1 unspecified atom stereocenters. The van der Waals surface area contributed by atoms with Crippen molar-refractivity contribution in [3.63, 3.8) is 0 Å². The van der Waals surface area contributed by atoms with Crippen molar-refractivity contribution in [2.45, 2.75) is 44.9 Å². The van der Waals surface area contributed by atoms with E-state index >= 15 is 0 Å².